The van der Waals surface area contributed by atoms with E-state index in [2.05, 4.69) is 57.5 Å². The molecule has 0 amide bonds. The number of rotatable bonds is 5. The Morgan fingerprint density at radius 1 is 1.08 bits per heavy atom. The average molecular weight is 379 g/mol. The van der Waals surface area contributed by atoms with Crippen LogP contribution in [0.15, 0.2) is 48.9 Å². The summed E-state index contributed by atoms with van der Waals surface area (Å²) >= 11 is 3.49. The largest absolute Gasteiger partial charge is 0.360 e. The molecule has 0 bridgehead atoms. The van der Waals surface area contributed by atoms with E-state index in [0.29, 0.717) is 5.92 Å². The van der Waals surface area contributed by atoms with Crippen LogP contribution in [0.1, 0.15) is 28.8 Å². The number of hydrogen-bond acceptors (Lipinski definition) is 6. The highest BCUT2D eigenvalue weighted by Crippen LogP contribution is 2.45. The van der Waals surface area contributed by atoms with Crippen molar-refractivity contribution < 1.29 is 0 Å². The maximum Gasteiger partial charge on any atom is 0.138 e. The average Bonchev–Trinajstić information content (AvgIpc) is 3.26. The highest BCUT2D eigenvalue weighted by atomic mass is 32.1. The van der Waals surface area contributed by atoms with Gasteiger partial charge in [0.2, 0.25) is 0 Å². The third kappa shape index (κ3) is 2.99. The van der Waals surface area contributed by atoms with Gasteiger partial charge in [0.05, 0.1) is 11.4 Å². The molecule has 1 aromatic carbocycles. The first-order valence-electron chi connectivity index (χ1n) is 8.77. The van der Waals surface area contributed by atoms with Crippen molar-refractivity contribution in [3.8, 4) is 10.4 Å². The van der Waals surface area contributed by atoms with E-state index in [1.54, 1.807) is 29.0 Å². The molecule has 0 aliphatic heterocycles. The van der Waals surface area contributed by atoms with Crippen LogP contribution in [0.5, 0.6) is 0 Å². The summed E-state index contributed by atoms with van der Waals surface area (Å²) in [6, 6.07) is 12.9. The van der Waals surface area contributed by atoms with E-state index in [9.17, 15) is 0 Å². The molecule has 1 aliphatic rings. The van der Waals surface area contributed by atoms with E-state index in [4.69, 9.17) is 0 Å². The molecule has 130 valence electrons. The summed E-state index contributed by atoms with van der Waals surface area (Å²) in [4.78, 5) is 17.2. The fourth-order valence-corrected chi connectivity index (χ4v) is 5.11. The molecule has 26 heavy (non-hydrogen) atoms. The van der Waals surface area contributed by atoms with Crippen LogP contribution in [0.3, 0.4) is 0 Å². The summed E-state index contributed by atoms with van der Waals surface area (Å²) in [6.45, 7) is 2.11. The molecular weight excluding hydrogens is 360 g/mol. The quantitative estimate of drug-likeness (QED) is 0.485. The summed E-state index contributed by atoms with van der Waals surface area (Å²) in [5.41, 5.74) is 1.22. The van der Waals surface area contributed by atoms with Gasteiger partial charge in [0.25, 0.3) is 0 Å². The zero-order chi connectivity index (χ0) is 17.5. The minimum atomic E-state index is 0.242. The van der Waals surface area contributed by atoms with E-state index >= 15 is 0 Å². The fourth-order valence-electron chi connectivity index (χ4n) is 3.19. The lowest BCUT2D eigenvalue weighted by atomic mass is 10.1. The molecule has 3 aromatic heterocycles. The first-order valence-corrected chi connectivity index (χ1v) is 10.4. The van der Waals surface area contributed by atoms with Gasteiger partial charge in [-0.2, -0.15) is 0 Å². The Morgan fingerprint density at radius 2 is 1.92 bits per heavy atom. The van der Waals surface area contributed by atoms with Crippen LogP contribution in [0.4, 0.5) is 5.82 Å². The molecule has 3 heterocycles. The Balaban J connectivity index is 1.53. The van der Waals surface area contributed by atoms with Gasteiger partial charge in [-0.25, -0.2) is 15.0 Å². The van der Waals surface area contributed by atoms with Gasteiger partial charge in [-0.05, 0) is 37.3 Å². The molecule has 6 heteroatoms. The molecular formula is C20H18N4S2. The summed E-state index contributed by atoms with van der Waals surface area (Å²) in [7, 11) is 0. The molecule has 0 radical (unpaired) electrons. The Hall–Kier alpha value is -2.31. The van der Waals surface area contributed by atoms with Crippen molar-refractivity contribution in [1.82, 2.24) is 15.0 Å². The van der Waals surface area contributed by atoms with E-state index in [1.165, 1.54) is 28.2 Å². The Morgan fingerprint density at radius 3 is 2.65 bits per heavy atom. The lowest BCUT2D eigenvalue weighted by molar-refractivity contribution is 0.671. The highest BCUT2D eigenvalue weighted by Gasteiger charge is 2.34. The first-order chi connectivity index (χ1) is 12.8. The molecule has 1 saturated carbocycles. The maximum atomic E-state index is 4.62. The SMILES string of the molecule is Cc1cnc([C@H](Nc2ncnc3sc(-c4ccccc4)cc23)C2CC2)s1. The summed E-state index contributed by atoms with van der Waals surface area (Å²) in [5.74, 6) is 1.57. The zero-order valence-electron chi connectivity index (χ0n) is 14.3. The van der Waals surface area contributed by atoms with Crippen molar-refractivity contribution >= 4 is 38.7 Å². The molecule has 1 fully saturated rings. The summed E-state index contributed by atoms with van der Waals surface area (Å²) < 4.78 is 0. The standard InChI is InChI=1S/C20H18N4S2/c1-12-10-21-20(25-12)17(14-7-8-14)24-18-15-9-16(13-5-3-2-4-6-13)26-19(15)23-11-22-18/h2-6,9-11,14,17H,7-8H2,1H3,(H,22,23,24)/t17-/m1/s1. The van der Waals surface area contributed by atoms with Crippen molar-refractivity contribution in [2.45, 2.75) is 25.8 Å². The van der Waals surface area contributed by atoms with Gasteiger partial charge < -0.3 is 5.32 Å². The smallest absolute Gasteiger partial charge is 0.138 e. The van der Waals surface area contributed by atoms with Gasteiger partial charge in [-0.1, -0.05) is 30.3 Å². The number of thiophene rings is 1. The fraction of sp³-hybridized carbons (Fsp3) is 0.250. The second kappa shape index (κ2) is 6.45. The molecule has 1 aliphatic carbocycles. The van der Waals surface area contributed by atoms with Crippen LogP contribution in [0.2, 0.25) is 0 Å². The molecule has 1 atom stereocenters. The Labute approximate surface area is 160 Å². The van der Waals surface area contributed by atoms with Crippen molar-refractivity contribution in [2.24, 2.45) is 5.92 Å². The van der Waals surface area contributed by atoms with Crippen molar-refractivity contribution in [1.29, 1.82) is 0 Å². The number of aromatic nitrogens is 3. The van der Waals surface area contributed by atoms with Crippen LogP contribution in [0.25, 0.3) is 20.7 Å². The Bertz CT molecular complexity index is 1050. The predicted octanol–water partition coefficient (Wildman–Crippen LogP) is 5.69. The number of nitrogens with zero attached hydrogens (tertiary/aromatic N) is 3. The van der Waals surface area contributed by atoms with Gasteiger partial charge in [-0.3, -0.25) is 0 Å². The van der Waals surface area contributed by atoms with E-state index in [-0.39, 0.29) is 6.04 Å². The normalized spacial score (nSPS) is 15.3. The monoisotopic (exact) mass is 378 g/mol. The third-order valence-corrected chi connectivity index (χ3v) is 6.77. The highest BCUT2D eigenvalue weighted by molar-refractivity contribution is 7.21. The minimum absolute atomic E-state index is 0.242. The first kappa shape index (κ1) is 15.9. The third-order valence-electron chi connectivity index (χ3n) is 4.68. The van der Waals surface area contributed by atoms with Crippen LogP contribution < -0.4 is 5.32 Å². The number of fused-ring (bicyclic) bond motifs is 1. The number of aryl methyl sites for hydroxylation is 1. The maximum absolute atomic E-state index is 4.62. The van der Waals surface area contributed by atoms with Crippen molar-refractivity contribution in [3.63, 3.8) is 0 Å². The van der Waals surface area contributed by atoms with E-state index in [0.717, 1.165) is 21.0 Å². The molecule has 5 rings (SSSR count). The van der Waals surface area contributed by atoms with Crippen LogP contribution in [0, 0.1) is 12.8 Å². The minimum Gasteiger partial charge on any atom is -0.360 e. The van der Waals surface area contributed by atoms with Crippen LogP contribution >= 0.6 is 22.7 Å². The van der Waals surface area contributed by atoms with E-state index < -0.39 is 0 Å². The lowest BCUT2D eigenvalue weighted by Gasteiger charge is -2.16. The number of anilines is 1. The van der Waals surface area contributed by atoms with Crippen molar-refractivity contribution in [3.05, 3.63) is 58.8 Å². The topological polar surface area (TPSA) is 50.7 Å². The van der Waals surface area contributed by atoms with Gasteiger partial charge in [-0.15, -0.1) is 22.7 Å². The van der Waals surface area contributed by atoms with Crippen LogP contribution in [-0.4, -0.2) is 15.0 Å². The van der Waals surface area contributed by atoms with Gasteiger partial charge in [0, 0.05) is 16.0 Å². The lowest BCUT2D eigenvalue weighted by Crippen LogP contribution is -2.13. The summed E-state index contributed by atoms with van der Waals surface area (Å²) in [5, 5.41) is 5.94. The number of benzene rings is 1. The number of thiazole rings is 1. The zero-order valence-corrected chi connectivity index (χ0v) is 16.0. The second-order valence-electron chi connectivity index (χ2n) is 6.69. The molecule has 0 spiro atoms. The van der Waals surface area contributed by atoms with Crippen molar-refractivity contribution in [2.75, 3.05) is 5.32 Å². The van der Waals surface area contributed by atoms with Crippen LogP contribution in [-0.2, 0) is 0 Å². The molecule has 0 unspecified atom stereocenters. The number of hydrogen-bond donors (Lipinski definition) is 1. The van der Waals surface area contributed by atoms with Gasteiger partial charge in [0.1, 0.15) is 22.0 Å². The van der Waals surface area contributed by atoms with Gasteiger partial charge >= 0.3 is 0 Å². The molecule has 4 nitrogen and oxygen atoms in total. The molecule has 1 N–H and O–H groups in total. The van der Waals surface area contributed by atoms with E-state index in [1.807, 2.05) is 12.3 Å². The molecule has 4 aromatic rings. The molecule has 0 saturated heterocycles. The predicted molar refractivity (Wildman–Crippen MR) is 109 cm³/mol. The summed E-state index contributed by atoms with van der Waals surface area (Å²) in [6.07, 6.45) is 6.13. The van der Waals surface area contributed by atoms with Gasteiger partial charge in [0.15, 0.2) is 0 Å². The Kier molecular flexibility index (Phi) is 3.94. The number of nitrogens with one attached hydrogen (secondary N) is 1. The second-order valence-corrected chi connectivity index (χ2v) is 8.98.